The van der Waals surface area contributed by atoms with E-state index in [-0.39, 0.29) is 10.9 Å². The second-order valence-corrected chi connectivity index (χ2v) is 5.29. The highest BCUT2D eigenvalue weighted by Gasteiger charge is 2.35. The Morgan fingerprint density at radius 1 is 1.29 bits per heavy atom. The first-order valence-electron chi connectivity index (χ1n) is 4.36. The van der Waals surface area contributed by atoms with Gasteiger partial charge in [-0.2, -0.15) is 0 Å². The van der Waals surface area contributed by atoms with Crippen molar-refractivity contribution in [2.24, 2.45) is 0 Å². The molecule has 14 heavy (non-hydrogen) atoms. The van der Waals surface area contributed by atoms with Crippen LogP contribution in [0.2, 0.25) is 0 Å². The molecule has 5 heteroatoms. The highest BCUT2D eigenvalue weighted by molar-refractivity contribution is 7.93. The van der Waals surface area contributed by atoms with Crippen LogP contribution in [-0.4, -0.2) is 13.7 Å². The Kier molecular flexibility index (Phi) is 2.19. The van der Waals surface area contributed by atoms with Crippen molar-refractivity contribution in [2.45, 2.75) is 18.1 Å². The molecule has 1 aliphatic carbocycles. The molecule has 1 aliphatic rings. The number of sulfonamides is 1. The van der Waals surface area contributed by atoms with Crippen molar-refractivity contribution in [3.8, 4) is 0 Å². The summed E-state index contributed by atoms with van der Waals surface area (Å²) in [6.45, 7) is 0. The topological polar surface area (TPSA) is 46.2 Å². The normalized spacial score (nSPS) is 16.6. The summed E-state index contributed by atoms with van der Waals surface area (Å²) in [6.07, 6.45) is 1.34. The summed E-state index contributed by atoms with van der Waals surface area (Å²) in [6, 6.07) is 5.75. The minimum atomic E-state index is -3.35. The summed E-state index contributed by atoms with van der Waals surface area (Å²) in [5.41, 5.74) is 0.0272. The van der Waals surface area contributed by atoms with Crippen LogP contribution in [0.15, 0.2) is 24.3 Å². The summed E-state index contributed by atoms with van der Waals surface area (Å²) in [5, 5.41) is -0.331. The van der Waals surface area contributed by atoms with Gasteiger partial charge in [0.05, 0.1) is 10.9 Å². The molecule has 0 bridgehead atoms. The standard InChI is InChI=1S/C9H10FNO2S/c10-8-3-1-2-4-9(8)11-14(12,13)7-5-6-7/h1-4,7,11H,5-6H2. The van der Waals surface area contributed by atoms with Crippen molar-refractivity contribution in [2.75, 3.05) is 4.72 Å². The molecule has 0 aromatic heterocycles. The molecule has 0 radical (unpaired) electrons. The zero-order valence-corrected chi connectivity index (χ0v) is 8.22. The second kappa shape index (κ2) is 3.24. The molecular formula is C9H10FNO2S. The molecule has 0 saturated heterocycles. The van der Waals surface area contributed by atoms with Gasteiger partial charge in [-0.15, -0.1) is 0 Å². The highest BCUT2D eigenvalue weighted by Crippen LogP contribution is 2.30. The fourth-order valence-corrected chi connectivity index (χ4v) is 2.55. The maximum absolute atomic E-state index is 13.1. The largest absolute Gasteiger partial charge is 0.280 e. The fourth-order valence-electron chi connectivity index (χ4n) is 1.16. The monoisotopic (exact) mass is 215 g/mol. The van der Waals surface area contributed by atoms with Gasteiger partial charge in [-0.25, -0.2) is 12.8 Å². The van der Waals surface area contributed by atoms with Gasteiger partial charge in [0.25, 0.3) is 0 Å². The Labute approximate surface area is 82.0 Å². The zero-order chi connectivity index (χ0) is 10.2. The molecule has 0 spiro atoms. The average molecular weight is 215 g/mol. The molecule has 2 rings (SSSR count). The molecule has 0 atom stereocenters. The first-order valence-corrected chi connectivity index (χ1v) is 5.90. The van der Waals surface area contributed by atoms with E-state index in [0.29, 0.717) is 12.8 Å². The van der Waals surface area contributed by atoms with Crippen molar-refractivity contribution in [1.82, 2.24) is 0 Å². The van der Waals surface area contributed by atoms with Crippen molar-refractivity contribution in [3.63, 3.8) is 0 Å². The number of para-hydroxylation sites is 1. The number of nitrogens with one attached hydrogen (secondary N) is 1. The first-order chi connectivity index (χ1) is 6.59. The van der Waals surface area contributed by atoms with Crippen LogP contribution in [0.1, 0.15) is 12.8 Å². The number of rotatable bonds is 3. The smallest absolute Gasteiger partial charge is 0.235 e. The average Bonchev–Trinajstić information content (AvgIpc) is 2.91. The van der Waals surface area contributed by atoms with E-state index < -0.39 is 15.8 Å². The van der Waals surface area contributed by atoms with E-state index in [0.717, 1.165) is 0 Å². The lowest BCUT2D eigenvalue weighted by Crippen LogP contribution is -2.18. The SMILES string of the molecule is O=S(=O)(Nc1ccccc1F)C1CC1. The molecule has 1 fully saturated rings. The van der Waals surface area contributed by atoms with Gasteiger partial charge in [0.1, 0.15) is 5.82 Å². The molecule has 76 valence electrons. The summed E-state index contributed by atoms with van der Waals surface area (Å²) >= 11 is 0. The van der Waals surface area contributed by atoms with Crippen LogP contribution < -0.4 is 4.72 Å². The van der Waals surface area contributed by atoms with E-state index in [1.165, 1.54) is 18.2 Å². The van der Waals surface area contributed by atoms with Crippen LogP contribution in [0.5, 0.6) is 0 Å². The molecule has 0 amide bonds. The van der Waals surface area contributed by atoms with Crippen LogP contribution in [0.3, 0.4) is 0 Å². The van der Waals surface area contributed by atoms with Gasteiger partial charge < -0.3 is 0 Å². The maximum Gasteiger partial charge on any atom is 0.235 e. The number of benzene rings is 1. The predicted molar refractivity (Wildman–Crippen MR) is 52.0 cm³/mol. The van der Waals surface area contributed by atoms with Gasteiger partial charge in [-0.3, -0.25) is 4.72 Å². The third-order valence-corrected chi connectivity index (χ3v) is 3.94. The maximum atomic E-state index is 13.1. The summed E-state index contributed by atoms with van der Waals surface area (Å²) in [4.78, 5) is 0. The van der Waals surface area contributed by atoms with Crippen LogP contribution in [0.25, 0.3) is 0 Å². The third-order valence-electron chi connectivity index (χ3n) is 2.09. The lowest BCUT2D eigenvalue weighted by Gasteiger charge is -2.06. The van der Waals surface area contributed by atoms with Gasteiger partial charge in [-0.05, 0) is 25.0 Å². The lowest BCUT2D eigenvalue weighted by molar-refractivity contribution is 0.597. The van der Waals surface area contributed by atoms with Crippen LogP contribution in [0.4, 0.5) is 10.1 Å². The molecule has 1 saturated carbocycles. The van der Waals surface area contributed by atoms with E-state index in [4.69, 9.17) is 0 Å². The molecule has 3 nitrogen and oxygen atoms in total. The molecule has 1 aromatic carbocycles. The lowest BCUT2D eigenvalue weighted by atomic mass is 10.3. The minimum absolute atomic E-state index is 0.0272. The Hall–Kier alpha value is -1.10. The van der Waals surface area contributed by atoms with Crippen LogP contribution in [0, 0.1) is 5.82 Å². The van der Waals surface area contributed by atoms with E-state index in [1.54, 1.807) is 6.07 Å². The van der Waals surface area contributed by atoms with Crippen molar-refractivity contribution >= 4 is 15.7 Å². The van der Waals surface area contributed by atoms with Crippen molar-refractivity contribution in [3.05, 3.63) is 30.1 Å². The molecule has 1 N–H and O–H groups in total. The second-order valence-electron chi connectivity index (χ2n) is 3.33. The minimum Gasteiger partial charge on any atom is -0.280 e. The fraction of sp³-hybridized carbons (Fsp3) is 0.333. The predicted octanol–water partition coefficient (Wildman–Crippen LogP) is 1.73. The molecule has 0 aliphatic heterocycles. The van der Waals surface area contributed by atoms with Crippen molar-refractivity contribution in [1.29, 1.82) is 0 Å². The van der Waals surface area contributed by atoms with Crippen molar-refractivity contribution < 1.29 is 12.8 Å². The summed E-state index contributed by atoms with van der Waals surface area (Å²) in [7, 11) is -3.35. The quantitative estimate of drug-likeness (QED) is 0.834. The van der Waals surface area contributed by atoms with E-state index in [2.05, 4.69) is 4.72 Å². The van der Waals surface area contributed by atoms with Gasteiger partial charge in [0.15, 0.2) is 0 Å². The summed E-state index contributed by atoms with van der Waals surface area (Å²) < 4.78 is 38.2. The first kappa shape index (κ1) is 9.45. The highest BCUT2D eigenvalue weighted by atomic mass is 32.2. The summed E-state index contributed by atoms with van der Waals surface area (Å²) in [5.74, 6) is -0.545. The third kappa shape index (κ3) is 1.87. The zero-order valence-electron chi connectivity index (χ0n) is 7.40. The molecule has 0 unspecified atom stereocenters. The molecule has 1 aromatic rings. The van der Waals surface area contributed by atoms with Crippen LogP contribution in [-0.2, 0) is 10.0 Å². The van der Waals surface area contributed by atoms with Gasteiger partial charge >= 0.3 is 0 Å². The Balaban J connectivity index is 2.22. The number of anilines is 1. The number of hydrogen-bond donors (Lipinski definition) is 1. The van der Waals surface area contributed by atoms with Gasteiger partial charge in [-0.1, -0.05) is 12.1 Å². The van der Waals surface area contributed by atoms with E-state index in [1.807, 2.05) is 0 Å². The number of hydrogen-bond acceptors (Lipinski definition) is 2. The molecular weight excluding hydrogens is 205 g/mol. The Morgan fingerprint density at radius 3 is 2.50 bits per heavy atom. The van der Waals surface area contributed by atoms with E-state index in [9.17, 15) is 12.8 Å². The van der Waals surface area contributed by atoms with Gasteiger partial charge in [0.2, 0.25) is 10.0 Å². The molecule has 0 heterocycles. The Bertz CT molecular complexity index is 440. The van der Waals surface area contributed by atoms with Gasteiger partial charge in [0, 0.05) is 0 Å². The Morgan fingerprint density at radius 2 is 1.93 bits per heavy atom. The van der Waals surface area contributed by atoms with E-state index >= 15 is 0 Å². The van der Waals surface area contributed by atoms with Crippen LogP contribution >= 0.6 is 0 Å². The number of halogens is 1.